The maximum Gasteiger partial charge on any atom is 0.495 e. The highest BCUT2D eigenvalue weighted by Gasteiger charge is 2.52. The summed E-state index contributed by atoms with van der Waals surface area (Å²) in [6, 6.07) is 3.49. The fraction of sp³-hybridized carbons (Fsp3) is 0.467. The molecule has 0 aliphatic carbocycles. The van der Waals surface area contributed by atoms with E-state index >= 15 is 0 Å². The molecule has 0 bridgehead atoms. The summed E-state index contributed by atoms with van der Waals surface area (Å²) >= 11 is 0. The van der Waals surface area contributed by atoms with Gasteiger partial charge in [0.05, 0.1) is 22.5 Å². The lowest BCUT2D eigenvalue weighted by Gasteiger charge is -2.32. The molecule has 6 heteroatoms. The first-order valence-corrected chi connectivity index (χ1v) is 6.98. The van der Waals surface area contributed by atoms with Crippen molar-refractivity contribution in [1.82, 2.24) is 0 Å². The molecule has 0 unspecified atom stereocenters. The second kappa shape index (κ2) is 4.18. The Morgan fingerprint density at radius 1 is 1.05 bits per heavy atom. The number of nitrogens with one attached hydrogen (secondary N) is 1. The summed E-state index contributed by atoms with van der Waals surface area (Å²) in [6.07, 6.45) is 0. The van der Waals surface area contributed by atoms with Gasteiger partial charge in [0.2, 0.25) is 0 Å². The van der Waals surface area contributed by atoms with Crippen LogP contribution in [0, 0.1) is 6.92 Å². The Labute approximate surface area is 124 Å². The lowest BCUT2D eigenvalue weighted by atomic mass is 9.75. The zero-order valence-corrected chi connectivity index (χ0v) is 12.9. The van der Waals surface area contributed by atoms with Gasteiger partial charge < -0.3 is 14.6 Å². The number of anilines is 1. The van der Waals surface area contributed by atoms with E-state index in [4.69, 9.17) is 9.31 Å². The summed E-state index contributed by atoms with van der Waals surface area (Å²) in [5, 5.41) is 2.57. The number of rotatable bonds is 1. The highest BCUT2D eigenvalue weighted by Crippen LogP contribution is 2.37. The van der Waals surface area contributed by atoms with E-state index in [1.165, 1.54) is 0 Å². The van der Waals surface area contributed by atoms with Gasteiger partial charge in [0.1, 0.15) is 0 Å². The van der Waals surface area contributed by atoms with Crippen molar-refractivity contribution in [3.8, 4) is 0 Å². The molecular weight excluding hydrogens is 269 g/mol. The second-order valence-corrected chi connectivity index (χ2v) is 6.63. The molecule has 2 aliphatic heterocycles. The Morgan fingerprint density at radius 2 is 1.62 bits per heavy atom. The topological polar surface area (TPSA) is 64.6 Å². The average Bonchev–Trinajstić information content (AvgIpc) is 2.73. The molecule has 0 spiro atoms. The molecule has 0 aromatic heterocycles. The smallest absolute Gasteiger partial charge is 0.399 e. The largest absolute Gasteiger partial charge is 0.495 e. The van der Waals surface area contributed by atoms with E-state index in [0.29, 0.717) is 11.3 Å². The van der Waals surface area contributed by atoms with E-state index in [0.717, 1.165) is 11.0 Å². The van der Waals surface area contributed by atoms with Gasteiger partial charge in [0, 0.05) is 0 Å². The number of carbonyl (C=O) groups excluding carboxylic acids is 2. The van der Waals surface area contributed by atoms with Crippen molar-refractivity contribution in [2.75, 3.05) is 5.32 Å². The highest BCUT2D eigenvalue weighted by atomic mass is 16.7. The first-order chi connectivity index (χ1) is 9.62. The summed E-state index contributed by atoms with van der Waals surface area (Å²) in [5.41, 5.74) is 1.76. The van der Waals surface area contributed by atoms with Crippen LogP contribution in [0.15, 0.2) is 12.1 Å². The predicted octanol–water partition coefficient (Wildman–Crippen LogP) is 1.43. The fourth-order valence-electron chi connectivity index (χ4n) is 2.54. The third-order valence-electron chi connectivity index (χ3n) is 4.61. The molecule has 1 N–H and O–H groups in total. The van der Waals surface area contributed by atoms with Crippen molar-refractivity contribution in [3.63, 3.8) is 0 Å². The Bertz CT molecular complexity index is 650. The van der Waals surface area contributed by atoms with Gasteiger partial charge in [0.25, 0.3) is 11.7 Å². The maximum absolute atomic E-state index is 11.8. The van der Waals surface area contributed by atoms with Crippen LogP contribution >= 0.6 is 0 Å². The third-order valence-corrected chi connectivity index (χ3v) is 4.61. The number of hydrogen-bond acceptors (Lipinski definition) is 4. The third kappa shape index (κ3) is 2.01. The number of fused-ring (bicyclic) bond motifs is 1. The zero-order chi connectivity index (χ0) is 15.6. The minimum Gasteiger partial charge on any atom is -0.399 e. The number of amides is 1. The van der Waals surface area contributed by atoms with Gasteiger partial charge >= 0.3 is 7.12 Å². The van der Waals surface area contributed by atoms with Crippen LogP contribution in [-0.2, 0) is 14.1 Å². The summed E-state index contributed by atoms with van der Waals surface area (Å²) < 4.78 is 12.0. The average molecular weight is 287 g/mol. The molecular formula is C15H18BNO4. The molecule has 1 saturated heterocycles. The molecule has 0 saturated carbocycles. The van der Waals surface area contributed by atoms with E-state index in [9.17, 15) is 9.59 Å². The van der Waals surface area contributed by atoms with E-state index in [1.54, 1.807) is 12.1 Å². The van der Waals surface area contributed by atoms with E-state index in [-0.39, 0.29) is 0 Å². The van der Waals surface area contributed by atoms with Gasteiger partial charge in [-0.25, -0.2) is 0 Å². The van der Waals surface area contributed by atoms with E-state index in [1.807, 2.05) is 34.6 Å². The Kier molecular flexibility index (Phi) is 2.84. The van der Waals surface area contributed by atoms with Gasteiger partial charge in [0.15, 0.2) is 0 Å². The highest BCUT2D eigenvalue weighted by molar-refractivity contribution is 6.63. The number of Topliss-reactive ketones (excluding diaryl/α,β-unsaturated/α-hetero) is 1. The SMILES string of the molecule is Cc1cc2c(cc1B1OC(C)(C)C(C)(C)O1)C(=O)C(=O)N2. The number of benzene rings is 1. The zero-order valence-electron chi connectivity index (χ0n) is 12.9. The molecule has 3 rings (SSSR count). The van der Waals surface area contributed by atoms with Gasteiger partial charge in [-0.3, -0.25) is 9.59 Å². The molecule has 1 fully saturated rings. The molecule has 1 aromatic rings. The van der Waals surface area contributed by atoms with Crippen LogP contribution in [-0.4, -0.2) is 30.0 Å². The molecule has 2 aliphatic rings. The molecule has 1 amide bonds. The number of hydrogen-bond donors (Lipinski definition) is 1. The lowest BCUT2D eigenvalue weighted by Crippen LogP contribution is -2.41. The van der Waals surface area contributed by atoms with Crippen LogP contribution in [0.4, 0.5) is 5.69 Å². The molecule has 0 atom stereocenters. The lowest BCUT2D eigenvalue weighted by molar-refractivity contribution is -0.112. The van der Waals surface area contributed by atoms with Crippen LogP contribution < -0.4 is 10.8 Å². The fourth-order valence-corrected chi connectivity index (χ4v) is 2.54. The molecule has 110 valence electrons. The molecule has 1 aromatic carbocycles. The minimum absolute atomic E-state index is 0.385. The summed E-state index contributed by atoms with van der Waals surface area (Å²) in [7, 11) is -0.538. The maximum atomic E-state index is 11.8. The Balaban J connectivity index is 2.03. The van der Waals surface area contributed by atoms with E-state index in [2.05, 4.69) is 5.32 Å². The van der Waals surface area contributed by atoms with Crippen molar-refractivity contribution in [1.29, 1.82) is 0 Å². The van der Waals surface area contributed by atoms with Crippen molar-refractivity contribution >= 4 is 30.0 Å². The standard InChI is InChI=1S/C15H18BNO4/c1-8-6-11-9(12(18)13(19)17-11)7-10(8)16-20-14(2,3)15(4,5)21-16/h6-7H,1-5H3,(H,17,18,19). The van der Waals surface area contributed by atoms with Crippen molar-refractivity contribution in [2.45, 2.75) is 45.8 Å². The van der Waals surface area contributed by atoms with E-state index < -0.39 is 30.0 Å². The van der Waals surface area contributed by atoms with Crippen LogP contribution in [0.5, 0.6) is 0 Å². The van der Waals surface area contributed by atoms with Crippen LogP contribution in [0.1, 0.15) is 43.6 Å². The summed E-state index contributed by atoms with van der Waals surface area (Å²) in [6.45, 7) is 9.82. The number of aryl methyl sites for hydroxylation is 1. The molecule has 2 heterocycles. The van der Waals surface area contributed by atoms with Gasteiger partial charge in [-0.05, 0) is 57.8 Å². The normalized spacial score (nSPS) is 22.4. The quantitative estimate of drug-likeness (QED) is 0.627. The second-order valence-electron chi connectivity index (χ2n) is 6.63. The monoisotopic (exact) mass is 287 g/mol. The van der Waals surface area contributed by atoms with Gasteiger partial charge in [-0.1, -0.05) is 0 Å². The van der Waals surface area contributed by atoms with Gasteiger partial charge in [-0.15, -0.1) is 0 Å². The number of carbonyl (C=O) groups is 2. The van der Waals surface area contributed by atoms with Crippen molar-refractivity contribution in [3.05, 3.63) is 23.3 Å². The molecule has 21 heavy (non-hydrogen) atoms. The first-order valence-electron chi connectivity index (χ1n) is 6.98. The van der Waals surface area contributed by atoms with Crippen molar-refractivity contribution in [2.24, 2.45) is 0 Å². The Morgan fingerprint density at radius 3 is 2.19 bits per heavy atom. The first kappa shape index (κ1) is 14.3. The summed E-state index contributed by atoms with van der Waals surface area (Å²) in [5.74, 6) is -1.10. The van der Waals surface area contributed by atoms with Crippen molar-refractivity contribution < 1.29 is 18.9 Å². The summed E-state index contributed by atoms with van der Waals surface area (Å²) in [4.78, 5) is 23.3. The molecule has 5 nitrogen and oxygen atoms in total. The molecule has 0 radical (unpaired) electrons. The number of ketones is 1. The predicted molar refractivity (Wildman–Crippen MR) is 79.9 cm³/mol. The van der Waals surface area contributed by atoms with Crippen LogP contribution in [0.2, 0.25) is 0 Å². The minimum atomic E-state index is -0.588. The van der Waals surface area contributed by atoms with Crippen LogP contribution in [0.25, 0.3) is 0 Å². The Hall–Kier alpha value is -1.66. The van der Waals surface area contributed by atoms with Crippen LogP contribution in [0.3, 0.4) is 0 Å². The van der Waals surface area contributed by atoms with Gasteiger partial charge in [-0.2, -0.15) is 0 Å².